The first-order chi connectivity index (χ1) is 23.4. The maximum absolute atomic E-state index is 12.7. The van der Waals surface area contributed by atoms with Gasteiger partial charge in [0.25, 0.3) is 0 Å². The van der Waals surface area contributed by atoms with Crippen LogP contribution in [0, 0.1) is 0 Å². The largest absolute Gasteiger partial charge is 0.490 e. The Bertz CT molecular complexity index is 1530. The lowest BCUT2D eigenvalue weighted by atomic mass is 10.0. The Labute approximate surface area is 281 Å². The number of unbranched alkanes of at least 4 members (excludes halogenated alkanes) is 1. The molecule has 0 aliphatic heterocycles. The quantitative estimate of drug-likeness (QED) is 0.0690. The van der Waals surface area contributed by atoms with Gasteiger partial charge in [-0.3, -0.25) is 0 Å². The number of halogens is 3. The average Bonchev–Trinajstić information content (AvgIpc) is 3.09. The van der Waals surface area contributed by atoms with E-state index in [-0.39, 0.29) is 55.3 Å². The van der Waals surface area contributed by atoms with E-state index in [2.05, 4.69) is 13.2 Å². The molecule has 0 aliphatic rings. The molecule has 0 amide bonds. The fourth-order valence-corrected chi connectivity index (χ4v) is 4.17. The molecule has 0 heterocycles. The highest BCUT2D eigenvalue weighted by atomic mass is 19.4. The minimum Gasteiger partial charge on any atom is -0.490 e. The fourth-order valence-electron chi connectivity index (χ4n) is 4.17. The smallest absolute Gasteiger partial charge is 0.389 e. The molecule has 13 heteroatoms. The second kappa shape index (κ2) is 19.0. The number of ether oxygens (including phenoxy) is 5. The molecule has 0 spiro atoms. The van der Waals surface area contributed by atoms with Crippen molar-refractivity contribution < 1.29 is 61.5 Å². The van der Waals surface area contributed by atoms with Gasteiger partial charge in [0.2, 0.25) is 0 Å². The molecule has 0 atom stereocenters. The summed E-state index contributed by atoms with van der Waals surface area (Å²) in [5, 5.41) is 18.0. The monoisotopic (exact) mass is 686 g/mol. The molecule has 262 valence electrons. The first kappa shape index (κ1) is 38.3. The molecule has 0 radical (unpaired) electrons. The van der Waals surface area contributed by atoms with Crippen molar-refractivity contribution in [2.75, 3.05) is 39.6 Å². The number of carbonyl (C=O) groups excluding carboxylic acids is 3. The molecule has 3 aromatic carbocycles. The predicted molar refractivity (Wildman–Crippen MR) is 172 cm³/mol. The molecule has 0 saturated heterocycles. The topological polar surface area (TPSA) is 138 Å². The molecule has 3 aromatic rings. The average molecular weight is 687 g/mol. The number of hydrogen-bond donors (Lipinski definition) is 2. The van der Waals surface area contributed by atoms with Gasteiger partial charge in [-0.15, -0.1) is 0 Å². The van der Waals surface area contributed by atoms with Crippen molar-refractivity contribution >= 4 is 17.9 Å². The fraction of sp³-hybridized carbons (Fsp3) is 0.306. The van der Waals surface area contributed by atoms with E-state index in [0.717, 1.165) is 5.56 Å². The van der Waals surface area contributed by atoms with E-state index >= 15 is 0 Å². The van der Waals surface area contributed by atoms with Crippen molar-refractivity contribution in [2.45, 2.75) is 31.9 Å². The third-order valence-electron chi connectivity index (χ3n) is 6.77. The summed E-state index contributed by atoms with van der Waals surface area (Å²) in [5.41, 5.74) is 2.26. The highest BCUT2D eigenvalue weighted by molar-refractivity contribution is 5.91. The lowest BCUT2D eigenvalue weighted by Crippen LogP contribution is -2.15. The van der Waals surface area contributed by atoms with Gasteiger partial charge in [0.05, 0.1) is 29.9 Å². The maximum Gasteiger partial charge on any atom is 0.389 e. The van der Waals surface area contributed by atoms with E-state index in [1.165, 1.54) is 0 Å². The second-order valence-corrected chi connectivity index (χ2v) is 10.6. The summed E-state index contributed by atoms with van der Waals surface area (Å²) >= 11 is 0. The molecule has 0 unspecified atom stereocenters. The number of aryl methyl sites for hydroxylation is 1. The Balaban J connectivity index is 1.64. The van der Waals surface area contributed by atoms with Gasteiger partial charge in [-0.2, -0.15) is 13.2 Å². The highest BCUT2D eigenvalue weighted by Crippen LogP contribution is 2.31. The Morgan fingerprint density at radius 3 is 1.67 bits per heavy atom. The number of esters is 3. The third-order valence-corrected chi connectivity index (χ3v) is 6.77. The van der Waals surface area contributed by atoms with Gasteiger partial charge < -0.3 is 33.9 Å². The van der Waals surface area contributed by atoms with Gasteiger partial charge in [-0.25, -0.2) is 14.4 Å². The second-order valence-electron chi connectivity index (χ2n) is 10.6. The minimum absolute atomic E-state index is 0.0256. The minimum atomic E-state index is -4.17. The Morgan fingerprint density at radius 1 is 0.653 bits per heavy atom. The van der Waals surface area contributed by atoms with Gasteiger partial charge in [-0.1, -0.05) is 37.4 Å². The summed E-state index contributed by atoms with van der Waals surface area (Å²) < 4.78 is 64.0. The van der Waals surface area contributed by atoms with Crippen LogP contribution < -0.4 is 14.2 Å². The number of aliphatic hydroxyl groups is 2. The van der Waals surface area contributed by atoms with Crippen LogP contribution in [0.3, 0.4) is 0 Å². The van der Waals surface area contributed by atoms with E-state index in [4.69, 9.17) is 33.9 Å². The van der Waals surface area contributed by atoms with E-state index in [0.29, 0.717) is 35.5 Å². The van der Waals surface area contributed by atoms with Gasteiger partial charge in [0, 0.05) is 12.5 Å². The van der Waals surface area contributed by atoms with Gasteiger partial charge >= 0.3 is 24.1 Å². The summed E-state index contributed by atoms with van der Waals surface area (Å²) in [6.07, 6.45) is -4.11. The van der Waals surface area contributed by atoms with E-state index in [1.807, 2.05) is 0 Å². The molecule has 0 aliphatic carbocycles. The molecule has 0 fully saturated rings. The third kappa shape index (κ3) is 13.5. The van der Waals surface area contributed by atoms with Crippen LogP contribution in [-0.4, -0.2) is 73.9 Å². The van der Waals surface area contributed by atoms with Crippen LogP contribution in [0.25, 0.3) is 11.1 Å². The number of aliphatic hydroxyl groups excluding tert-OH is 2. The molecule has 0 bridgehead atoms. The molecule has 10 nitrogen and oxygen atoms in total. The van der Waals surface area contributed by atoms with Gasteiger partial charge in [-0.05, 0) is 72.4 Å². The Kier molecular flexibility index (Phi) is 14.9. The van der Waals surface area contributed by atoms with Crippen LogP contribution >= 0.6 is 0 Å². The zero-order valence-corrected chi connectivity index (χ0v) is 26.6. The van der Waals surface area contributed by atoms with E-state index in [9.17, 15) is 27.6 Å². The van der Waals surface area contributed by atoms with Crippen molar-refractivity contribution in [3.8, 4) is 28.4 Å². The normalized spacial score (nSPS) is 11.0. The predicted octanol–water partition coefficient (Wildman–Crippen LogP) is 5.79. The molecular formula is C36H37F3O10. The van der Waals surface area contributed by atoms with Crippen LogP contribution in [0.1, 0.15) is 35.2 Å². The number of benzene rings is 3. The molecule has 0 saturated carbocycles. The Morgan fingerprint density at radius 2 is 1.18 bits per heavy atom. The summed E-state index contributed by atoms with van der Waals surface area (Å²) in [5.74, 6) is -1.12. The summed E-state index contributed by atoms with van der Waals surface area (Å²) in [4.78, 5) is 36.1. The lowest BCUT2D eigenvalue weighted by Gasteiger charge is -2.14. The van der Waals surface area contributed by atoms with Gasteiger partial charge in [0.1, 0.15) is 43.7 Å². The summed E-state index contributed by atoms with van der Waals surface area (Å²) in [6, 6.07) is 18.1. The zero-order chi connectivity index (χ0) is 35.8. The molecule has 49 heavy (non-hydrogen) atoms. The van der Waals surface area contributed by atoms with Crippen LogP contribution in [0.15, 0.2) is 91.0 Å². The zero-order valence-electron chi connectivity index (χ0n) is 26.6. The highest BCUT2D eigenvalue weighted by Gasteiger charge is 2.25. The van der Waals surface area contributed by atoms with Crippen molar-refractivity contribution in [1.82, 2.24) is 0 Å². The van der Waals surface area contributed by atoms with E-state index in [1.54, 1.807) is 66.7 Å². The number of carbonyl (C=O) groups is 3. The molecule has 0 aromatic heterocycles. The van der Waals surface area contributed by atoms with Crippen molar-refractivity contribution in [3.05, 3.63) is 102 Å². The lowest BCUT2D eigenvalue weighted by molar-refractivity contribution is -0.141. The van der Waals surface area contributed by atoms with Crippen molar-refractivity contribution in [2.24, 2.45) is 0 Å². The van der Waals surface area contributed by atoms with Crippen molar-refractivity contribution in [3.63, 3.8) is 0 Å². The number of alkyl halides is 3. The standard InChI is InChI=1S/C36H37F3O10/c1-24(22-40)33(42)47-17-15-45-31-19-29(20-32(21-31)46-16-18-48-34(43)25(2)23-41)27-10-12-30(13-11-27)49-35(44)28-8-6-26(7-9-28)5-3-4-14-36(37,38)39/h6-13,19-21,40-41H,1-5,14-18,22-23H2. The SMILES string of the molecule is C=C(CO)C(=O)OCCOc1cc(OCCOC(=O)C(=C)CO)cc(-c2ccc(OC(=O)c3ccc(CCCCC(F)(F)F)cc3)cc2)c1. The maximum atomic E-state index is 12.7. The van der Waals surface area contributed by atoms with Crippen LogP contribution in [0.5, 0.6) is 17.2 Å². The van der Waals surface area contributed by atoms with Gasteiger partial charge in [0.15, 0.2) is 0 Å². The summed E-state index contributed by atoms with van der Waals surface area (Å²) in [7, 11) is 0. The number of hydrogen-bond acceptors (Lipinski definition) is 10. The molecular weight excluding hydrogens is 649 g/mol. The van der Waals surface area contributed by atoms with Crippen LogP contribution in [0.4, 0.5) is 13.2 Å². The van der Waals surface area contributed by atoms with E-state index < -0.39 is 43.7 Å². The molecule has 2 N–H and O–H groups in total. The molecule has 3 rings (SSSR count). The number of rotatable bonds is 19. The first-order valence-corrected chi connectivity index (χ1v) is 15.2. The van der Waals surface area contributed by atoms with Crippen LogP contribution in [-0.2, 0) is 25.5 Å². The Hall–Kier alpha value is -5.14. The van der Waals surface area contributed by atoms with Crippen molar-refractivity contribution in [1.29, 1.82) is 0 Å². The summed E-state index contributed by atoms with van der Waals surface area (Å²) in [6.45, 7) is 5.45. The first-order valence-electron chi connectivity index (χ1n) is 15.2. The van der Waals surface area contributed by atoms with Crippen LogP contribution in [0.2, 0.25) is 0 Å².